The molecule has 1 fully saturated rings. The van der Waals surface area contributed by atoms with Crippen LogP contribution in [0.3, 0.4) is 0 Å². The van der Waals surface area contributed by atoms with Gasteiger partial charge in [-0.3, -0.25) is 9.59 Å². The zero-order chi connectivity index (χ0) is 19.5. The number of carbonyl (C=O) groups excluding carboxylic acids is 2. The average molecular weight is 378 g/mol. The Labute approximate surface area is 165 Å². The smallest absolute Gasteiger partial charge is 0.223 e. The van der Waals surface area contributed by atoms with Gasteiger partial charge in [0.25, 0.3) is 0 Å². The summed E-state index contributed by atoms with van der Waals surface area (Å²) in [5.41, 5.74) is 3.22. The van der Waals surface area contributed by atoms with Crippen LogP contribution in [0.15, 0.2) is 36.5 Å². The molecule has 4 rings (SSSR count). The Kier molecular flexibility index (Phi) is 5.37. The number of carbonyl (C=O) groups is 2. The van der Waals surface area contributed by atoms with Crippen LogP contribution in [0.4, 0.5) is 0 Å². The molecule has 2 aliphatic rings. The summed E-state index contributed by atoms with van der Waals surface area (Å²) in [6.45, 7) is 3.65. The molecular weight excluding hydrogens is 352 g/mol. The third kappa shape index (κ3) is 3.91. The molecule has 0 saturated carbocycles. The number of amides is 2. The first-order valence-corrected chi connectivity index (χ1v) is 10.1. The van der Waals surface area contributed by atoms with Crippen molar-refractivity contribution in [1.29, 1.82) is 0 Å². The summed E-state index contributed by atoms with van der Waals surface area (Å²) in [5, 5.41) is 0. The van der Waals surface area contributed by atoms with Gasteiger partial charge in [0.15, 0.2) is 5.82 Å². The van der Waals surface area contributed by atoms with Crippen molar-refractivity contribution in [2.24, 2.45) is 0 Å². The molecule has 1 aromatic carbocycles. The van der Waals surface area contributed by atoms with Crippen LogP contribution >= 0.6 is 0 Å². The van der Waals surface area contributed by atoms with E-state index in [-0.39, 0.29) is 17.9 Å². The zero-order valence-corrected chi connectivity index (χ0v) is 16.3. The summed E-state index contributed by atoms with van der Waals surface area (Å²) >= 11 is 0. The SMILES string of the molecule is CC(=O)N1CCc2nc([C@@H]3CCCN3C(=O)CCc3ccccc3)ncc2C1. The first kappa shape index (κ1) is 18.6. The van der Waals surface area contributed by atoms with E-state index >= 15 is 0 Å². The van der Waals surface area contributed by atoms with Crippen molar-refractivity contribution in [1.82, 2.24) is 19.8 Å². The maximum Gasteiger partial charge on any atom is 0.223 e. The molecule has 28 heavy (non-hydrogen) atoms. The molecule has 2 aliphatic heterocycles. The van der Waals surface area contributed by atoms with Gasteiger partial charge in [-0.2, -0.15) is 0 Å². The summed E-state index contributed by atoms with van der Waals surface area (Å²) in [6.07, 6.45) is 5.76. The number of hydrogen-bond acceptors (Lipinski definition) is 4. The van der Waals surface area contributed by atoms with Gasteiger partial charge in [0.1, 0.15) is 0 Å². The van der Waals surface area contributed by atoms with Crippen LogP contribution in [-0.4, -0.2) is 44.7 Å². The topological polar surface area (TPSA) is 66.4 Å². The molecule has 1 atom stereocenters. The first-order valence-electron chi connectivity index (χ1n) is 10.1. The average Bonchev–Trinajstić information content (AvgIpc) is 3.22. The summed E-state index contributed by atoms with van der Waals surface area (Å²) in [6, 6.07) is 10.1. The van der Waals surface area contributed by atoms with Crippen molar-refractivity contribution in [3.8, 4) is 0 Å². The zero-order valence-electron chi connectivity index (χ0n) is 16.3. The van der Waals surface area contributed by atoms with Gasteiger partial charge in [0.05, 0.1) is 11.7 Å². The number of nitrogens with zero attached hydrogens (tertiary/aromatic N) is 4. The highest BCUT2D eigenvalue weighted by Gasteiger charge is 2.32. The van der Waals surface area contributed by atoms with E-state index in [0.717, 1.165) is 49.3 Å². The largest absolute Gasteiger partial charge is 0.338 e. The summed E-state index contributed by atoms with van der Waals surface area (Å²) < 4.78 is 0. The number of hydrogen-bond donors (Lipinski definition) is 0. The van der Waals surface area contributed by atoms with Gasteiger partial charge in [0.2, 0.25) is 11.8 Å². The molecule has 2 amide bonds. The van der Waals surface area contributed by atoms with Crippen molar-refractivity contribution >= 4 is 11.8 Å². The van der Waals surface area contributed by atoms with E-state index in [9.17, 15) is 9.59 Å². The van der Waals surface area contributed by atoms with Crippen molar-refractivity contribution in [2.45, 2.75) is 51.6 Å². The highest BCUT2D eigenvalue weighted by atomic mass is 16.2. The standard InChI is InChI=1S/C22H26N4O2/c1-16(27)25-13-11-19-18(15-25)14-23-22(24-19)20-8-5-12-26(20)21(28)10-9-17-6-3-2-4-7-17/h2-4,6-7,14,20H,5,8-13,15H2,1H3/t20-/m0/s1. The van der Waals surface area contributed by atoms with E-state index in [1.54, 1.807) is 6.92 Å². The lowest BCUT2D eigenvalue weighted by Gasteiger charge is -2.28. The second-order valence-electron chi connectivity index (χ2n) is 7.62. The molecular formula is C22H26N4O2. The fourth-order valence-electron chi connectivity index (χ4n) is 4.13. The molecule has 0 radical (unpaired) electrons. The summed E-state index contributed by atoms with van der Waals surface area (Å²) in [4.78, 5) is 37.6. The number of benzene rings is 1. The Bertz CT molecular complexity index is 868. The molecule has 3 heterocycles. The van der Waals surface area contributed by atoms with E-state index in [2.05, 4.69) is 17.1 Å². The Morgan fingerprint density at radius 2 is 2.00 bits per heavy atom. The fourth-order valence-corrected chi connectivity index (χ4v) is 4.13. The Hall–Kier alpha value is -2.76. The van der Waals surface area contributed by atoms with E-state index < -0.39 is 0 Å². The van der Waals surface area contributed by atoms with Crippen LogP contribution in [0.1, 0.15) is 54.9 Å². The number of aryl methyl sites for hydroxylation is 1. The summed E-state index contributed by atoms with van der Waals surface area (Å²) in [5.74, 6) is 1.01. The second kappa shape index (κ2) is 8.09. The van der Waals surface area contributed by atoms with Gasteiger partial charge >= 0.3 is 0 Å². The predicted octanol–water partition coefficient (Wildman–Crippen LogP) is 2.68. The van der Waals surface area contributed by atoms with Gasteiger partial charge in [-0.1, -0.05) is 30.3 Å². The van der Waals surface area contributed by atoms with Gasteiger partial charge in [-0.05, 0) is 24.8 Å². The monoisotopic (exact) mass is 378 g/mol. The molecule has 6 nitrogen and oxygen atoms in total. The number of rotatable bonds is 4. The molecule has 146 valence electrons. The van der Waals surface area contributed by atoms with Crippen molar-refractivity contribution < 1.29 is 9.59 Å². The van der Waals surface area contributed by atoms with Crippen molar-refractivity contribution in [2.75, 3.05) is 13.1 Å². The van der Waals surface area contributed by atoms with Gasteiger partial charge in [0, 0.05) is 51.2 Å². The van der Waals surface area contributed by atoms with Crippen LogP contribution in [0.2, 0.25) is 0 Å². The first-order chi connectivity index (χ1) is 13.6. The van der Waals surface area contributed by atoms with Gasteiger partial charge < -0.3 is 9.80 Å². The quantitative estimate of drug-likeness (QED) is 0.820. The van der Waals surface area contributed by atoms with Crippen LogP contribution in [0.25, 0.3) is 0 Å². The molecule has 1 aromatic heterocycles. The molecule has 0 N–H and O–H groups in total. The van der Waals surface area contributed by atoms with Crippen LogP contribution in [-0.2, 0) is 29.0 Å². The predicted molar refractivity (Wildman–Crippen MR) is 105 cm³/mol. The second-order valence-corrected chi connectivity index (χ2v) is 7.62. The maximum absolute atomic E-state index is 12.8. The molecule has 0 unspecified atom stereocenters. The Morgan fingerprint density at radius 3 is 2.79 bits per heavy atom. The number of likely N-dealkylation sites (tertiary alicyclic amines) is 1. The molecule has 0 bridgehead atoms. The molecule has 1 saturated heterocycles. The van der Waals surface area contributed by atoms with E-state index in [1.165, 1.54) is 5.56 Å². The minimum atomic E-state index is -0.0283. The van der Waals surface area contributed by atoms with Crippen LogP contribution in [0.5, 0.6) is 0 Å². The lowest BCUT2D eigenvalue weighted by atomic mass is 10.1. The minimum Gasteiger partial charge on any atom is -0.338 e. The fraction of sp³-hybridized carbons (Fsp3) is 0.455. The lowest BCUT2D eigenvalue weighted by molar-refractivity contribution is -0.132. The highest BCUT2D eigenvalue weighted by molar-refractivity contribution is 5.77. The van der Waals surface area contributed by atoms with Gasteiger partial charge in [-0.25, -0.2) is 9.97 Å². The highest BCUT2D eigenvalue weighted by Crippen LogP contribution is 2.31. The third-order valence-electron chi connectivity index (χ3n) is 5.74. The molecule has 0 spiro atoms. The van der Waals surface area contributed by atoms with Crippen LogP contribution in [0, 0.1) is 0 Å². The molecule has 6 heteroatoms. The number of aromatic nitrogens is 2. The third-order valence-corrected chi connectivity index (χ3v) is 5.74. The maximum atomic E-state index is 12.8. The van der Waals surface area contributed by atoms with Crippen LogP contribution < -0.4 is 0 Å². The van der Waals surface area contributed by atoms with E-state index in [0.29, 0.717) is 19.5 Å². The summed E-state index contributed by atoms with van der Waals surface area (Å²) in [7, 11) is 0. The van der Waals surface area contributed by atoms with Crippen molar-refractivity contribution in [3.63, 3.8) is 0 Å². The van der Waals surface area contributed by atoms with Crippen molar-refractivity contribution in [3.05, 3.63) is 59.2 Å². The Morgan fingerprint density at radius 1 is 1.18 bits per heavy atom. The normalized spacial score (nSPS) is 18.8. The molecule has 0 aliphatic carbocycles. The van der Waals surface area contributed by atoms with E-state index in [1.807, 2.05) is 34.2 Å². The molecule has 2 aromatic rings. The minimum absolute atomic E-state index is 0.0283. The Balaban J connectivity index is 1.45. The lowest BCUT2D eigenvalue weighted by Crippen LogP contribution is -2.36. The van der Waals surface area contributed by atoms with E-state index in [4.69, 9.17) is 4.98 Å². The number of fused-ring (bicyclic) bond motifs is 1. The van der Waals surface area contributed by atoms with Gasteiger partial charge in [-0.15, -0.1) is 0 Å².